The van der Waals surface area contributed by atoms with E-state index in [1.165, 1.54) is 18.2 Å². The molecular weight excluding hydrogens is 410 g/mol. The van der Waals surface area contributed by atoms with Crippen molar-refractivity contribution in [1.82, 2.24) is 10.0 Å². The number of aryl methyl sites for hydroxylation is 1. The molecule has 2 rings (SSSR count). The molecule has 0 aliphatic rings. The molecule has 10 nitrogen and oxygen atoms in total. The number of carboxylic acid groups (broad SMARTS) is 1. The molecule has 0 aromatic heterocycles. The number of rotatable bonds is 10. The summed E-state index contributed by atoms with van der Waals surface area (Å²) in [6, 6.07) is 12.0. The van der Waals surface area contributed by atoms with E-state index < -0.39 is 27.9 Å². The van der Waals surface area contributed by atoms with Gasteiger partial charge >= 0.3 is 5.97 Å². The molecule has 0 aliphatic heterocycles. The first-order chi connectivity index (χ1) is 14.2. The number of nitrogens with zero attached hydrogens (tertiary/aromatic N) is 3. The van der Waals surface area contributed by atoms with E-state index in [1.54, 1.807) is 37.3 Å². The van der Waals surface area contributed by atoms with Crippen LogP contribution in [0.4, 0.5) is 0 Å². The van der Waals surface area contributed by atoms with Crippen LogP contribution in [0.25, 0.3) is 10.4 Å². The highest BCUT2D eigenvalue weighted by atomic mass is 32.2. The first-order valence-electron chi connectivity index (χ1n) is 8.90. The summed E-state index contributed by atoms with van der Waals surface area (Å²) in [6.45, 7) is 1.56. The molecule has 3 N–H and O–H groups in total. The Morgan fingerprint density at radius 2 is 1.83 bits per heavy atom. The Balaban J connectivity index is 2.01. The van der Waals surface area contributed by atoms with Crippen molar-refractivity contribution in [2.24, 2.45) is 5.11 Å². The van der Waals surface area contributed by atoms with Gasteiger partial charge in [-0.3, -0.25) is 9.59 Å². The maximum absolute atomic E-state index is 12.4. The molecule has 0 aliphatic carbocycles. The minimum absolute atomic E-state index is 0.0388. The predicted molar refractivity (Wildman–Crippen MR) is 109 cm³/mol. The molecule has 158 valence electrons. The van der Waals surface area contributed by atoms with Gasteiger partial charge in [0, 0.05) is 29.6 Å². The molecule has 0 fully saturated rings. The number of hydrogen-bond acceptors (Lipinski definition) is 5. The summed E-state index contributed by atoms with van der Waals surface area (Å²) in [5.41, 5.74) is 9.91. The Kier molecular flexibility index (Phi) is 7.93. The van der Waals surface area contributed by atoms with Crippen LogP contribution in [0.5, 0.6) is 0 Å². The summed E-state index contributed by atoms with van der Waals surface area (Å²) >= 11 is 0. The fraction of sp³-hybridized carbons (Fsp3) is 0.263. The minimum atomic E-state index is -3.68. The van der Waals surface area contributed by atoms with E-state index >= 15 is 0 Å². The van der Waals surface area contributed by atoms with Gasteiger partial charge in [-0.1, -0.05) is 35.4 Å². The van der Waals surface area contributed by atoms with Crippen LogP contribution >= 0.6 is 0 Å². The maximum Gasteiger partial charge on any atom is 0.305 e. The van der Waals surface area contributed by atoms with Crippen LogP contribution in [0, 0.1) is 6.92 Å². The van der Waals surface area contributed by atoms with E-state index in [-0.39, 0.29) is 30.0 Å². The van der Waals surface area contributed by atoms with Crippen molar-refractivity contribution in [3.8, 4) is 0 Å². The molecule has 30 heavy (non-hydrogen) atoms. The predicted octanol–water partition coefficient (Wildman–Crippen LogP) is 2.36. The lowest BCUT2D eigenvalue weighted by Gasteiger charge is -2.15. The molecule has 0 spiro atoms. The summed E-state index contributed by atoms with van der Waals surface area (Å²) in [4.78, 5) is 25.9. The quantitative estimate of drug-likeness (QED) is 0.298. The van der Waals surface area contributed by atoms with Crippen LogP contribution in [0.15, 0.2) is 58.5 Å². The molecular formula is C19H21N5O5S. The number of amides is 1. The summed E-state index contributed by atoms with van der Waals surface area (Å²) < 4.78 is 27.4. The third-order valence-electron chi connectivity index (χ3n) is 4.19. The number of benzene rings is 2. The van der Waals surface area contributed by atoms with Crippen LogP contribution in [0.1, 0.15) is 27.9 Å². The van der Waals surface area contributed by atoms with Gasteiger partial charge in [-0.2, -0.15) is 0 Å². The molecule has 0 saturated carbocycles. The van der Waals surface area contributed by atoms with E-state index in [0.717, 1.165) is 0 Å². The van der Waals surface area contributed by atoms with Gasteiger partial charge in [-0.15, -0.1) is 0 Å². The molecule has 11 heteroatoms. The smallest absolute Gasteiger partial charge is 0.305 e. The second-order valence-electron chi connectivity index (χ2n) is 6.47. The van der Waals surface area contributed by atoms with Crippen molar-refractivity contribution in [2.45, 2.75) is 30.8 Å². The average molecular weight is 431 g/mol. The van der Waals surface area contributed by atoms with Crippen LogP contribution in [0.2, 0.25) is 0 Å². The second kappa shape index (κ2) is 10.4. The van der Waals surface area contributed by atoms with Crippen molar-refractivity contribution >= 4 is 21.9 Å². The molecule has 2 aromatic carbocycles. The standard InChI is InChI=1S/C19H21N5O5S/c1-13-4-2-3-5-17(13)30(28,29)22-11-14-6-8-15(9-7-14)19(27)23-16(10-18(25)26)12-21-24-20/h2-9,16,22H,10-12H2,1H3,(H,23,27)(H,25,26)/t16-/m0/s1. The van der Waals surface area contributed by atoms with Crippen molar-refractivity contribution in [3.05, 3.63) is 75.7 Å². The van der Waals surface area contributed by atoms with Gasteiger partial charge in [-0.05, 0) is 41.8 Å². The lowest BCUT2D eigenvalue weighted by molar-refractivity contribution is -0.137. The van der Waals surface area contributed by atoms with Crippen LogP contribution < -0.4 is 10.0 Å². The molecule has 0 radical (unpaired) electrons. The van der Waals surface area contributed by atoms with Gasteiger partial charge < -0.3 is 10.4 Å². The van der Waals surface area contributed by atoms with Crippen molar-refractivity contribution in [2.75, 3.05) is 6.54 Å². The number of azide groups is 1. The van der Waals surface area contributed by atoms with Gasteiger partial charge in [-0.25, -0.2) is 13.1 Å². The normalized spacial score (nSPS) is 11.9. The maximum atomic E-state index is 12.4. The number of hydrogen-bond donors (Lipinski definition) is 3. The monoisotopic (exact) mass is 431 g/mol. The topological polar surface area (TPSA) is 161 Å². The van der Waals surface area contributed by atoms with Gasteiger partial charge in [0.1, 0.15) is 0 Å². The molecule has 2 aromatic rings. The van der Waals surface area contributed by atoms with Gasteiger partial charge in [0.15, 0.2) is 0 Å². The summed E-state index contributed by atoms with van der Waals surface area (Å²) in [7, 11) is -3.68. The second-order valence-corrected chi connectivity index (χ2v) is 8.20. The third-order valence-corrected chi connectivity index (χ3v) is 5.75. The van der Waals surface area contributed by atoms with E-state index in [0.29, 0.717) is 11.1 Å². The van der Waals surface area contributed by atoms with Gasteiger partial charge in [0.25, 0.3) is 5.91 Å². The third kappa shape index (κ3) is 6.59. The van der Waals surface area contributed by atoms with Crippen LogP contribution in [0.3, 0.4) is 0 Å². The van der Waals surface area contributed by atoms with Crippen molar-refractivity contribution < 1.29 is 23.1 Å². The number of sulfonamides is 1. The Morgan fingerprint density at radius 1 is 1.17 bits per heavy atom. The SMILES string of the molecule is Cc1ccccc1S(=O)(=O)NCc1ccc(C(=O)N[C@H](CN=[N+]=[N-])CC(=O)O)cc1. The number of carbonyl (C=O) groups excluding carboxylic acids is 1. The van der Waals surface area contributed by atoms with E-state index in [2.05, 4.69) is 20.1 Å². The molecule has 1 amide bonds. The average Bonchev–Trinajstić information content (AvgIpc) is 2.70. The zero-order chi connectivity index (χ0) is 22.1. The Labute approximate surface area is 173 Å². The zero-order valence-electron chi connectivity index (χ0n) is 16.1. The van der Waals surface area contributed by atoms with E-state index in [9.17, 15) is 18.0 Å². The highest BCUT2D eigenvalue weighted by Gasteiger charge is 2.18. The molecule has 0 bridgehead atoms. The largest absolute Gasteiger partial charge is 0.481 e. The molecule has 0 unspecified atom stereocenters. The highest BCUT2D eigenvalue weighted by molar-refractivity contribution is 7.89. The van der Waals surface area contributed by atoms with E-state index in [4.69, 9.17) is 10.6 Å². The fourth-order valence-corrected chi connectivity index (χ4v) is 3.93. The van der Waals surface area contributed by atoms with Crippen LogP contribution in [-0.2, 0) is 21.4 Å². The lowest BCUT2D eigenvalue weighted by Crippen LogP contribution is -2.38. The molecule has 0 saturated heterocycles. The number of carboxylic acids is 1. The first kappa shape index (κ1) is 22.9. The number of carbonyl (C=O) groups is 2. The zero-order valence-corrected chi connectivity index (χ0v) is 17.0. The number of aliphatic carboxylic acids is 1. The van der Waals surface area contributed by atoms with Crippen molar-refractivity contribution in [1.29, 1.82) is 0 Å². The van der Waals surface area contributed by atoms with Crippen molar-refractivity contribution in [3.63, 3.8) is 0 Å². The Hall–Kier alpha value is -3.40. The van der Waals surface area contributed by atoms with Gasteiger partial charge in [0.2, 0.25) is 10.0 Å². The van der Waals surface area contributed by atoms with E-state index in [1.807, 2.05) is 0 Å². The fourth-order valence-electron chi connectivity index (χ4n) is 2.66. The molecule has 0 heterocycles. The first-order valence-corrected chi connectivity index (χ1v) is 10.4. The minimum Gasteiger partial charge on any atom is -0.481 e. The summed E-state index contributed by atoms with van der Waals surface area (Å²) in [6.07, 6.45) is -0.385. The Bertz CT molecular complexity index is 1060. The van der Waals surface area contributed by atoms with Crippen LogP contribution in [-0.4, -0.2) is 38.0 Å². The Morgan fingerprint density at radius 3 is 2.43 bits per heavy atom. The highest BCUT2D eigenvalue weighted by Crippen LogP contribution is 2.14. The molecule has 1 atom stereocenters. The summed E-state index contributed by atoms with van der Waals surface area (Å²) in [5.74, 6) is -1.66. The van der Waals surface area contributed by atoms with Gasteiger partial charge in [0.05, 0.1) is 11.3 Å². The summed E-state index contributed by atoms with van der Waals surface area (Å²) in [5, 5.41) is 14.7. The number of nitrogens with one attached hydrogen (secondary N) is 2. The lowest BCUT2D eigenvalue weighted by atomic mass is 10.1.